The zero-order valence-corrected chi connectivity index (χ0v) is 16.9. The molecular formula is C20H20N2O3S2. The second-order valence-electron chi connectivity index (χ2n) is 6.28. The Bertz CT molecular complexity index is 1070. The number of fused-ring (bicyclic) bond motifs is 2. The van der Waals surface area contributed by atoms with Crippen molar-refractivity contribution in [3.8, 4) is 11.5 Å². The molecule has 0 atom stereocenters. The zero-order chi connectivity index (χ0) is 18.8. The number of carbonyl (C=O) groups is 1. The molecule has 1 amide bonds. The van der Waals surface area contributed by atoms with Gasteiger partial charge in [-0.3, -0.25) is 4.79 Å². The van der Waals surface area contributed by atoms with Crippen molar-refractivity contribution in [1.29, 1.82) is 0 Å². The van der Waals surface area contributed by atoms with Crippen LogP contribution in [0.5, 0.6) is 11.5 Å². The number of hydrogen-bond acceptors (Lipinski definition) is 5. The van der Waals surface area contributed by atoms with Crippen molar-refractivity contribution >= 4 is 39.2 Å². The summed E-state index contributed by atoms with van der Waals surface area (Å²) in [7, 11) is 0. The van der Waals surface area contributed by atoms with Crippen LogP contribution in [0.3, 0.4) is 0 Å². The number of aryl methyl sites for hydroxylation is 2. The van der Waals surface area contributed by atoms with Gasteiger partial charge in [0.1, 0.15) is 13.2 Å². The lowest BCUT2D eigenvalue weighted by molar-refractivity contribution is 0.0996. The van der Waals surface area contributed by atoms with Gasteiger partial charge in [0.25, 0.3) is 5.91 Å². The summed E-state index contributed by atoms with van der Waals surface area (Å²) in [6, 6.07) is 11.6. The van der Waals surface area contributed by atoms with Crippen molar-refractivity contribution in [1.82, 2.24) is 4.57 Å². The van der Waals surface area contributed by atoms with Crippen LogP contribution >= 0.6 is 23.1 Å². The van der Waals surface area contributed by atoms with E-state index in [-0.39, 0.29) is 5.91 Å². The van der Waals surface area contributed by atoms with Gasteiger partial charge < -0.3 is 14.0 Å². The Morgan fingerprint density at radius 1 is 1.19 bits per heavy atom. The molecule has 0 saturated heterocycles. The first-order valence-electron chi connectivity index (χ1n) is 8.73. The Balaban J connectivity index is 1.76. The predicted molar refractivity (Wildman–Crippen MR) is 110 cm³/mol. The first-order chi connectivity index (χ1) is 13.2. The highest BCUT2D eigenvalue weighted by Crippen LogP contribution is 2.31. The Kier molecular flexibility index (Phi) is 5.22. The largest absolute Gasteiger partial charge is 0.486 e. The van der Waals surface area contributed by atoms with E-state index in [4.69, 9.17) is 9.47 Å². The Labute approximate surface area is 165 Å². The number of thioether (sulfide) groups is 1. The number of amides is 1. The summed E-state index contributed by atoms with van der Waals surface area (Å²) < 4.78 is 14.4. The fourth-order valence-electron chi connectivity index (χ4n) is 2.99. The number of thiazole rings is 1. The summed E-state index contributed by atoms with van der Waals surface area (Å²) in [5.74, 6) is 1.97. The average molecular weight is 401 g/mol. The number of nitrogens with zero attached hydrogens (tertiary/aromatic N) is 2. The Morgan fingerprint density at radius 3 is 2.81 bits per heavy atom. The van der Waals surface area contributed by atoms with E-state index in [1.54, 1.807) is 41.3 Å². The van der Waals surface area contributed by atoms with Crippen molar-refractivity contribution in [3.63, 3.8) is 0 Å². The third-order valence-corrected chi connectivity index (χ3v) is 5.98. The SMILES string of the molecule is CSCCn1c(=NC(=O)c2ccc3c(c2)OCCO3)sc2cc(C)ccc21. The van der Waals surface area contributed by atoms with E-state index in [2.05, 4.69) is 40.9 Å². The number of aromatic nitrogens is 1. The molecule has 27 heavy (non-hydrogen) atoms. The molecule has 1 aliphatic heterocycles. The molecule has 7 heteroatoms. The number of carbonyl (C=O) groups excluding carboxylic acids is 1. The third-order valence-electron chi connectivity index (χ3n) is 4.34. The smallest absolute Gasteiger partial charge is 0.279 e. The van der Waals surface area contributed by atoms with Gasteiger partial charge in [0.2, 0.25) is 0 Å². The predicted octanol–water partition coefficient (Wildman–Crippen LogP) is 3.89. The third kappa shape index (κ3) is 3.75. The fraction of sp³-hybridized carbons (Fsp3) is 0.300. The quantitative estimate of drug-likeness (QED) is 0.667. The highest BCUT2D eigenvalue weighted by atomic mass is 32.2. The van der Waals surface area contributed by atoms with Gasteiger partial charge in [-0.05, 0) is 49.1 Å². The molecule has 0 radical (unpaired) electrons. The molecular weight excluding hydrogens is 380 g/mol. The molecule has 1 aliphatic rings. The first kappa shape index (κ1) is 18.1. The van der Waals surface area contributed by atoms with Gasteiger partial charge in [-0.15, -0.1) is 0 Å². The lowest BCUT2D eigenvalue weighted by Crippen LogP contribution is -2.18. The number of benzene rings is 2. The average Bonchev–Trinajstić information content (AvgIpc) is 3.01. The van der Waals surface area contributed by atoms with Crippen molar-refractivity contribution < 1.29 is 14.3 Å². The van der Waals surface area contributed by atoms with E-state index in [9.17, 15) is 4.79 Å². The van der Waals surface area contributed by atoms with Gasteiger partial charge in [-0.2, -0.15) is 16.8 Å². The van der Waals surface area contributed by atoms with Crippen LogP contribution < -0.4 is 14.3 Å². The molecule has 2 aromatic carbocycles. The molecule has 0 fully saturated rings. The molecule has 4 rings (SSSR count). The molecule has 2 heterocycles. The van der Waals surface area contributed by atoms with E-state index in [1.807, 2.05) is 0 Å². The monoisotopic (exact) mass is 400 g/mol. The van der Waals surface area contributed by atoms with Crippen LogP contribution in [0.2, 0.25) is 0 Å². The summed E-state index contributed by atoms with van der Waals surface area (Å²) >= 11 is 3.33. The van der Waals surface area contributed by atoms with Gasteiger partial charge in [-0.25, -0.2) is 0 Å². The molecule has 5 nitrogen and oxygen atoms in total. The van der Waals surface area contributed by atoms with Crippen LogP contribution in [0, 0.1) is 6.92 Å². The first-order valence-corrected chi connectivity index (χ1v) is 10.9. The lowest BCUT2D eigenvalue weighted by Gasteiger charge is -2.18. The van der Waals surface area contributed by atoms with E-state index in [0.717, 1.165) is 27.3 Å². The van der Waals surface area contributed by atoms with Crippen LogP contribution in [-0.4, -0.2) is 35.7 Å². The normalized spacial score (nSPS) is 13.9. The maximum absolute atomic E-state index is 12.8. The van der Waals surface area contributed by atoms with E-state index in [1.165, 1.54) is 5.56 Å². The van der Waals surface area contributed by atoms with Crippen LogP contribution in [-0.2, 0) is 6.54 Å². The van der Waals surface area contributed by atoms with E-state index >= 15 is 0 Å². The molecule has 0 aliphatic carbocycles. The molecule has 0 unspecified atom stereocenters. The number of rotatable bonds is 4. The Morgan fingerprint density at radius 2 is 2.00 bits per heavy atom. The van der Waals surface area contributed by atoms with Crippen molar-refractivity contribution in [2.24, 2.45) is 4.99 Å². The fourth-order valence-corrected chi connectivity index (χ4v) is 4.51. The highest BCUT2D eigenvalue weighted by molar-refractivity contribution is 7.98. The minimum Gasteiger partial charge on any atom is -0.486 e. The summed E-state index contributed by atoms with van der Waals surface area (Å²) in [4.78, 5) is 18.0. The second kappa shape index (κ2) is 7.78. The zero-order valence-electron chi connectivity index (χ0n) is 15.2. The minimum absolute atomic E-state index is 0.270. The molecule has 3 aromatic rings. The molecule has 0 saturated carbocycles. The standard InChI is InChI=1S/C20H20N2O3S2/c1-13-3-5-15-18(11-13)27-20(22(15)7-10-26-2)21-19(23)14-4-6-16-17(12-14)25-9-8-24-16/h3-6,11-12H,7-10H2,1-2H3. The van der Waals surface area contributed by atoms with Gasteiger partial charge in [-0.1, -0.05) is 17.4 Å². The molecule has 0 spiro atoms. The topological polar surface area (TPSA) is 52.8 Å². The van der Waals surface area contributed by atoms with Crippen LogP contribution in [0.15, 0.2) is 41.4 Å². The van der Waals surface area contributed by atoms with Gasteiger partial charge >= 0.3 is 0 Å². The number of hydrogen-bond donors (Lipinski definition) is 0. The minimum atomic E-state index is -0.270. The van der Waals surface area contributed by atoms with Crippen LogP contribution in [0.1, 0.15) is 15.9 Å². The molecule has 0 bridgehead atoms. The van der Waals surface area contributed by atoms with Crippen molar-refractivity contribution in [2.45, 2.75) is 13.5 Å². The van der Waals surface area contributed by atoms with Crippen LogP contribution in [0.25, 0.3) is 10.2 Å². The molecule has 0 N–H and O–H groups in total. The molecule has 140 valence electrons. The lowest BCUT2D eigenvalue weighted by atomic mass is 10.2. The van der Waals surface area contributed by atoms with Crippen LogP contribution in [0.4, 0.5) is 0 Å². The second-order valence-corrected chi connectivity index (χ2v) is 8.27. The van der Waals surface area contributed by atoms with E-state index < -0.39 is 0 Å². The van der Waals surface area contributed by atoms with Gasteiger partial charge in [0.15, 0.2) is 16.3 Å². The summed E-state index contributed by atoms with van der Waals surface area (Å²) in [5, 5.41) is 0. The Hall–Kier alpha value is -2.25. The summed E-state index contributed by atoms with van der Waals surface area (Å²) in [6.45, 7) is 3.91. The van der Waals surface area contributed by atoms with Gasteiger partial charge in [0, 0.05) is 17.9 Å². The number of ether oxygens (including phenoxy) is 2. The molecule has 1 aromatic heterocycles. The highest BCUT2D eigenvalue weighted by Gasteiger charge is 2.15. The summed E-state index contributed by atoms with van der Waals surface area (Å²) in [5.41, 5.74) is 2.82. The maximum atomic E-state index is 12.8. The van der Waals surface area contributed by atoms with E-state index in [0.29, 0.717) is 30.3 Å². The maximum Gasteiger partial charge on any atom is 0.279 e. The van der Waals surface area contributed by atoms with Crippen molar-refractivity contribution in [2.75, 3.05) is 25.2 Å². The summed E-state index contributed by atoms with van der Waals surface area (Å²) in [6.07, 6.45) is 2.08. The van der Waals surface area contributed by atoms with Gasteiger partial charge in [0.05, 0.1) is 10.2 Å². The van der Waals surface area contributed by atoms with Crippen molar-refractivity contribution in [3.05, 3.63) is 52.3 Å².